The van der Waals surface area contributed by atoms with Gasteiger partial charge >= 0.3 is 5.97 Å². The van der Waals surface area contributed by atoms with Crippen molar-refractivity contribution in [2.24, 2.45) is 0 Å². The van der Waals surface area contributed by atoms with E-state index in [1.165, 1.54) is 12.1 Å². The largest absolute Gasteiger partial charge is 0.462 e. The summed E-state index contributed by atoms with van der Waals surface area (Å²) in [6.07, 6.45) is 3.08. The van der Waals surface area contributed by atoms with Gasteiger partial charge in [-0.05, 0) is 31.2 Å². The van der Waals surface area contributed by atoms with Gasteiger partial charge in [-0.3, -0.25) is 10.1 Å². The molecule has 0 amide bonds. The van der Waals surface area contributed by atoms with Crippen LogP contribution in [0, 0.1) is 21.4 Å². The second kappa shape index (κ2) is 7.61. The van der Waals surface area contributed by atoms with Crippen LogP contribution in [0.1, 0.15) is 18.2 Å². The zero-order chi connectivity index (χ0) is 19.4. The van der Waals surface area contributed by atoms with Gasteiger partial charge in [0.15, 0.2) is 11.5 Å². The van der Waals surface area contributed by atoms with Crippen LogP contribution in [0.25, 0.3) is 6.08 Å². The quantitative estimate of drug-likeness (QED) is 0.253. The van der Waals surface area contributed by atoms with Gasteiger partial charge in [0.05, 0.1) is 29.7 Å². The number of fused-ring (bicyclic) bond motifs is 1. The van der Waals surface area contributed by atoms with E-state index in [1.54, 1.807) is 35.9 Å². The van der Waals surface area contributed by atoms with Gasteiger partial charge < -0.3 is 18.8 Å². The van der Waals surface area contributed by atoms with E-state index < -0.39 is 10.9 Å². The van der Waals surface area contributed by atoms with E-state index in [-0.39, 0.29) is 31.2 Å². The summed E-state index contributed by atoms with van der Waals surface area (Å²) in [4.78, 5) is 22.7. The monoisotopic (exact) mass is 369 g/mol. The number of nitro groups is 1. The molecule has 1 aromatic carbocycles. The highest BCUT2D eigenvalue weighted by molar-refractivity contribution is 5.97. The van der Waals surface area contributed by atoms with E-state index in [1.807, 2.05) is 6.07 Å². The van der Waals surface area contributed by atoms with Crippen molar-refractivity contribution in [3.05, 3.63) is 57.4 Å². The number of nitro benzene ring substituents is 1. The van der Waals surface area contributed by atoms with Crippen LogP contribution in [-0.2, 0) is 16.1 Å². The number of hydrogen-bond donors (Lipinski definition) is 0. The summed E-state index contributed by atoms with van der Waals surface area (Å²) >= 11 is 0. The molecule has 9 nitrogen and oxygen atoms in total. The maximum atomic E-state index is 11.8. The Morgan fingerprint density at radius 1 is 1.44 bits per heavy atom. The van der Waals surface area contributed by atoms with E-state index in [2.05, 4.69) is 0 Å². The van der Waals surface area contributed by atoms with Gasteiger partial charge in [-0.1, -0.05) is 0 Å². The molecule has 0 atom stereocenters. The molecule has 9 heteroatoms. The highest BCUT2D eigenvalue weighted by Gasteiger charge is 2.23. The first-order valence-electron chi connectivity index (χ1n) is 8.04. The van der Waals surface area contributed by atoms with Crippen LogP contribution in [0.4, 0.5) is 5.69 Å². The minimum atomic E-state index is -0.721. The van der Waals surface area contributed by atoms with Crippen molar-refractivity contribution in [1.82, 2.24) is 4.57 Å². The van der Waals surface area contributed by atoms with Crippen molar-refractivity contribution < 1.29 is 23.9 Å². The van der Waals surface area contributed by atoms with Crippen LogP contribution in [-0.4, -0.2) is 28.9 Å². The molecule has 1 aliphatic rings. The molecule has 0 N–H and O–H groups in total. The molecule has 1 aliphatic heterocycles. The first-order valence-corrected chi connectivity index (χ1v) is 8.04. The summed E-state index contributed by atoms with van der Waals surface area (Å²) < 4.78 is 17.0. The Morgan fingerprint density at radius 3 is 2.85 bits per heavy atom. The van der Waals surface area contributed by atoms with Gasteiger partial charge in [0.1, 0.15) is 11.6 Å². The van der Waals surface area contributed by atoms with Crippen molar-refractivity contribution in [1.29, 1.82) is 5.26 Å². The Hall–Kier alpha value is -3.80. The van der Waals surface area contributed by atoms with Gasteiger partial charge in [-0.2, -0.15) is 5.26 Å². The molecule has 2 heterocycles. The van der Waals surface area contributed by atoms with Crippen molar-refractivity contribution >= 4 is 17.7 Å². The summed E-state index contributed by atoms with van der Waals surface area (Å²) in [6, 6.07) is 8.10. The molecule has 0 bridgehead atoms. The number of carbonyl (C=O) groups excluding carboxylic acids is 1. The third-order valence-electron chi connectivity index (χ3n) is 3.88. The highest BCUT2D eigenvalue weighted by atomic mass is 16.7. The molecule has 0 fully saturated rings. The fourth-order valence-electron chi connectivity index (χ4n) is 2.65. The number of aromatic nitrogens is 1. The number of benzene rings is 1. The lowest BCUT2D eigenvalue weighted by Gasteiger charge is -2.09. The van der Waals surface area contributed by atoms with E-state index >= 15 is 0 Å². The Kier molecular flexibility index (Phi) is 5.08. The van der Waals surface area contributed by atoms with Crippen molar-refractivity contribution in [2.45, 2.75) is 13.5 Å². The summed E-state index contributed by atoms with van der Waals surface area (Å²) in [7, 11) is 0. The lowest BCUT2D eigenvalue weighted by atomic mass is 10.1. The summed E-state index contributed by atoms with van der Waals surface area (Å²) in [5.41, 5.74) is 0.682. The van der Waals surface area contributed by atoms with E-state index in [9.17, 15) is 20.2 Å². The molecule has 0 saturated heterocycles. The summed E-state index contributed by atoms with van der Waals surface area (Å²) in [6.45, 7) is 1.96. The highest BCUT2D eigenvalue weighted by Crippen LogP contribution is 2.38. The average Bonchev–Trinajstić information content (AvgIpc) is 3.27. The first kappa shape index (κ1) is 18.0. The van der Waals surface area contributed by atoms with Crippen molar-refractivity contribution in [3.8, 4) is 17.6 Å². The number of hydrogen-bond acceptors (Lipinski definition) is 7. The lowest BCUT2D eigenvalue weighted by molar-refractivity contribution is -0.385. The standard InChI is InChI=1S/C18H15N3O6/c1-2-25-18(22)12(9-19)6-14-4-3-5-20(14)10-13-7-16-17(27-11-26-16)8-15(13)21(23)24/h3-8H,2,10-11H2,1H3. The third kappa shape index (κ3) is 3.74. The predicted molar refractivity (Wildman–Crippen MR) is 93.0 cm³/mol. The maximum Gasteiger partial charge on any atom is 0.348 e. The SMILES string of the molecule is CCOC(=O)C(C#N)=Cc1cccn1Cc1cc2c(cc1[N+](=O)[O-])OCO2. The molecule has 0 unspecified atom stereocenters. The number of nitrogens with zero attached hydrogens (tertiary/aromatic N) is 3. The average molecular weight is 369 g/mol. The van der Waals surface area contributed by atoms with Gasteiger partial charge in [0.25, 0.3) is 5.69 Å². The number of rotatable bonds is 6. The van der Waals surface area contributed by atoms with Crippen LogP contribution in [0.15, 0.2) is 36.0 Å². The van der Waals surface area contributed by atoms with Crippen LogP contribution >= 0.6 is 0 Å². The fraction of sp³-hybridized carbons (Fsp3) is 0.222. The topological polar surface area (TPSA) is 117 Å². The zero-order valence-electron chi connectivity index (χ0n) is 14.4. The van der Waals surface area contributed by atoms with E-state index in [0.29, 0.717) is 22.8 Å². The van der Waals surface area contributed by atoms with Crippen LogP contribution in [0.3, 0.4) is 0 Å². The normalized spacial score (nSPS) is 12.5. The molecule has 0 saturated carbocycles. The van der Waals surface area contributed by atoms with Gasteiger partial charge in [-0.15, -0.1) is 0 Å². The number of esters is 1. The molecular weight excluding hydrogens is 354 g/mol. The van der Waals surface area contributed by atoms with Crippen LogP contribution < -0.4 is 9.47 Å². The molecule has 1 aromatic heterocycles. The number of nitriles is 1. The van der Waals surface area contributed by atoms with Crippen LogP contribution in [0.5, 0.6) is 11.5 Å². The van der Waals surface area contributed by atoms with Crippen molar-refractivity contribution in [2.75, 3.05) is 13.4 Å². The molecular formula is C18H15N3O6. The van der Waals surface area contributed by atoms with E-state index in [4.69, 9.17) is 14.2 Å². The van der Waals surface area contributed by atoms with E-state index in [0.717, 1.165) is 0 Å². The molecule has 27 heavy (non-hydrogen) atoms. The Bertz CT molecular complexity index is 970. The zero-order valence-corrected chi connectivity index (χ0v) is 14.4. The number of ether oxygens (including phenoxy) is 3. The van der Waals surface area contributed by atoms with Gasteiger partial charge in [-0.25, -0.2) is 4.79 Å². The predicted octanol–water partition coefficient (Wildman–Crippen LogP) is 2.64. The Balaban J connectivity index is 1.95. The number of carbonyl (C=O) groups is 1. The molecule has 0 aliphatic carbocycles. The Labute approximate surface area is 154 Å². The second-order valence-electron chi connectivity index (χ2n) is 5.54. The maximum absolute atomic E-state index is 11.8. The van der Waals surface area contributed by atoms with Crippen LogP contribution in [0.2, 0.25) is 0 Å². The minimum Gasteiger partial charge on any atom is -0.462 e. The van der Waals surface area contributed by atoms with Gasteiger partial charge in [0.2, 0.25) is 6.79 Å². The van der Waals surface area contributed by atoms with Gasteiger partial charge in [0, 0.05) is 11.9 Å². The second-order valence-corrected chi connectivity index (χ2v) is 5.54. The smallest absolute Gasteiger partial charge is 0.348 e. The fourth-order valence-corrected chi connectivity index (χ4v) is 2.65. The molecule has 0 spiro atoms. The molecule has 2 aromatic rings. The summed E-state index contributed by atoms with van der Waals surface area (Å²) in [5, 5.41) is 20.6. The summed E-state index contributed by atoms with van der Waals surface area (Å²) in [5.74, 6) is 0.0399. The lowest BCUT2D eigenvalue weighted by Crippen LogP contribution is -2.08. The minimum absolute atomic E-state index is 0.0124. The Morgan fingerprint density at radius 2 is 2.19 bits per heavy atom. The molecule has 138 valence electrons. The molecule has 3 rings (SSSR count). The molecule has 0 radical (unpaired) electrons. The first-order chi connectivity index (χ1) is 13.0. The third-order valence-corrected chi connectivity index (χ3v) is 3.88. The van der Waals surface area contributed by atoms with Crippen molar-refractivity contribution in [3.63, 3.8) is 0 Å².